The van der Waals surface area contributed by atoms with Crippen LogP contribution < -0.4 is 14.4 Å². The van der Waals surface area contributed by atoms with E-state index in [0.717, 1.165) is 29.0 Å². The van der Waals surface area contributed by atoms with Gasteiger partial charge in [0.15, 0.2) is 0 Å². The summed E-state index contributed by atoms with van der Waals surface area (Å²) in [5.41, 5.74) is 3.93. The van der Waals surface area contributed by atoms with Crippen LogP contribution in [0.5, 0.6) is 11.6 Å². The molecule has 7 nitrogen and oxygen atoms in total. The summed E-state index contributed by atoms with van der Waals surface area (Å²) in [6, 6.07) is 11.0. The van der Waals surface area contributed by atoms with Crippen LogP contribution in [0.4, 0.5) is 5.69 Å². The second-order valence-electron chi connectivity index (χ2n) is 7.44. The van der Waals surface area contributed by atoms with E-state index in [1.165, 1.54) is 0 Å². The molecule has 0 fully saturated rings. The molecule has 1 aliphatic heterocycles. The fraction of sp³-hybridized carbons (Fsp3) is 0.318. The minimum atomic E-state index is -0.351. The van der Waals surface area contributed by atoms with Crippen molar-refractivity contribution in [2.45, 2.75) is 26.3 Å². The first-order valence-corrected chi connectivity index (χ1v) is 9.58. The number of aromatic nitrogens is 3. The molecule has 3 aromatic rings. The molecule has 29 heavy (non-hydrogen) atoms. The number of fused-ring (bicyclic) bond motifs is 1. The van der Waals surface area contributed by atoms with Crippen molar-refractivity contribution in [2.24, 2.45) is 5.92 Å². The highest BCUT2D eigenvalue weighted by Crippen LogP contribution is 2.45. The van der Waals surface area contributed by atoms with E-state index >= 15 is 0 Å². The summed E-state index contributed by atoms with van der Waals surface area (Å²) in [6.07, 6.45) is 2.43. The fourth-order valence-corrected chi connectivity index (χ4v) is 3.84. The van der Waals surface area contributed by atoms with Crippen LogP contribution >= 0.6 is 0 Å². The third-order valence-electron chi connectivity index (χ3n) is 5.09. The van der Waals surface area contributed by atoms with E-state index in [-0.39, 0.29) is 11.9 Å². The Bertz CT molecular complexity index is 1030. The minimum absolute atomic E-state index is 0.134. The van der Waals surface area contributed by atoms with Gasteiger partial charge in [-0.3, -0.25) is 14.8 Å². The quantitative estimate of drug-likeness (QED) is 0.691. The van der Waals surface area contributed by atoms with Crippen LogP contribution in [0.3, 0.4) is 0 Å². The number of anilines is 1. The van der Waals surface area contributed by atoms with E-state index in [1.807, 2.05) is 30.3 Å². The van der Waals surface area contributed by atoms with Crippen molar-refractivity contribution in [1.29, 1.82) is 0 Å². The topological polar surface area (TPSA) is 80.3 Å². The monoisotopic (exact) mass is 392 g/mol. The molecule has 1 amide bonds. The number of hydrogen-bond acceptors (Lipinski definition) is 5. The maximum absolute atomic E-state index is 13.4. The number of carbonyl (C=O) groups excluding carboxylic acids is 1. The van der Waals surface area contributed by atoms with Gasteiger partial charge in [0.1, 0.15) is 11.4 Å². The highest BCUT2D eigenvalue weighted by atomic mass is 16.5. The van der Waals surface area contributed by atoms with Gasteiger partial charge in [0.25, 0.3) is 5.91 Å². The lowest BCUT2D eigenvalue weighted by molar-refractivity contribution is 0.0988. The Morgan fingerprint density at radius 1 is 1.14 bits per heavy atom. The first kappa shape index (κ1) is 19.0. The molecule has 1 aromatic carbocycles. The molecule has 0 saturated carbocycles. The Kier molecular flexibility index (Phi) is 4.96. The molecule has 1 aliphatic rings. The lowest BCUT2D eigenvalue weighted by atomic mass is 9.94. The highest BCUT2D eigenvalue weighted by Gasteiger charge is 2.44. The molecule has 0 bridgehead atoms. The van der Waals surface area contributed by atoms with Gasteiger partial charge in [-0.2, -0.15) is 5.10 Å². The van der Waals surface area contributed by atoms with E-state index in [0.29, 0.717) is 23.2 Å². The summed E-state index contributed by atoms with van der Waals surface area (Å²) in [5.74, 6) is 1.49. The molecule has 150 valence electrons. The lowest BCUT2D eigenvalue weighted by Gasteiger charge is -2.27. The fourth-order valence-electron chi connectivity index (χ4n) is 3.84. The summed E-state index contributed by atoms with van der Waals surface area (Å²) in [7, 11) is 3.20. The van der Waals surface area contributed by atoms with Crippen molar-refractivity contribution in [3.05, 3.63) is 65.1 Å². The van der Waals surface area contributed by atoms with Gasteiger partial charge in [-0.25, -0.2) is 4.98 Å². The van der Waals surface area contributed by atoms with Crippen LogP contribution in [0.2, 0.25) is 0 Å². The van der Waals surface area contributed by atoms with Crippen LogP contribution in [0.25, 0.3) is 0 Å². The molecule has 0 spiro atoms. The van der Waals surface area contributed by atoms with Gasteiger partial charge in [-0.15, -0.1) is 0 Å². The van der Waals surface area contributed by atoms with E-state index in [9.17, 15) is 4.79 Å². The molecule has 4 rings (SSSR count). The number of ether oxygens (including phenoxy) is 2. The smallest absolute Gasteiger partial charge is 0.277 e. The zero-order chi connectivity index (χ0) is 20.5. The zero-order valence-electron chi connectivity index (χ0n) is 17.0. The molecule has 0 saturated heterocycles. The molecule has 1 atom stereocenters. The number of methoxy groups -OCH3 is 2. The van der Waals surface area contributed by atoms with E-state index < -0.39 is 0 Å². The van der Waals surface area contributed by atoms with Crippen molar-refractivity contribution in [1.82, 2.24) is 15.2 Å². The van der Waals surface area contributed by atoms with Crippen LogP contribution in [0.1, 0.15) is 47.2 Å². The molecular weight excluding hydrogens is 368 g/mol. The third-order valence-corrected chi connectivity index (χ3v) is 5.09. The predicted molar refractivity (Wildman–Crippen MR) is 110 cm³/mol. The van der Waals surface area contributed by atoms with Gasteiger partial charge in [-0.1, -0.05) is 32.0 Å². The van der Waals surface area contributed by atoms with Crippen LogP contribution in [0, 0.1) is 5.92 Å². The SMILES string of the molecule is COc1ccc(N2C(=O)c3[nH]nc(CC(C)C)c3C2c2ccccc2OC)cn1. The standard InChI is InChI=1S/C22H24N4O3/c1-13(2)11-16-19-20(25-24-16)22(27)26(14-9-10-18(29-4)23-12-14)21(19)15-7-5-6-8-17(15)28-3/h5-10,12-13,21H,11H2,1-4H3,(H,24,25). The molecular formula is C22H24N4O3. The number of amides is 1. The van der Waals surface area contributed by atoms with Crippen LogP contribution in [-0.2, 0) is 6.42 Å². The molecule has 1 unspecified atom stereocenters. The maximum Gasteiger partial charge on any atom is 0.277 e. The number of carbonyl (C=O) groups is 1. The van der Waals surface area contributed by atoms with Gasteiger partial charge in [0.05, 0.1) is 37.8 Å². The molecule has 2 aromatic heterocycles. The first-order chi connectivity index (χ1) is 14.0. The number of aromatic amines is 1. The van der Waals surface area contributed by atoms with Gasteiger partial charge >= 0.3 is 0 Å². The normalized spacial score (nSPS) is 15.7. The van der Waals surface area contributed by atoms with Crippen molar-refractivity contribution < 1.29 is 14.3 Å². The summed E-state index contributed by atoms with van der Waals surface area (Å²) in [5, 5.41) is 7.44. The van der Waals surface area contributed by atoms with Gasteiger partial charge in [0.2, 0.25) is 5.88 Å². The van der Waals surface area contributed by atoms with E-state index in [2.05, 4.69) is 29.0 Å². The van der Waals surface area contributed by atoms with Gasteiger partial charge in [0, 0.05) is 17.2 Å². The molecule has 0 radical (unpaired) electrons. The number of hydrogen-bond donors (Lipinski definition) is 1. The van der Waals surface area contributed by atoms with Crippen LogP contribution in [-0.4, -0.2) is 35.3 Å². The van der Waals surface area contributed by atoms with Gasteiger partial charge < -0.3 is 9.47 Å². The highest BCUT2D eigenvalue weighted by molar-refractivity contribution is 6.10. The number of nitrogens with one attached hydrogen (secondary N) is 1. The Labute approximate surface area is 169 Å². The average molecular weight is 392 g/mol. The van der Waals surface area contributed by atoms with Crippen molar-refractivity contribution >= 4 is 11.6 Å². The Morgan fingerprint density at radius 2 is 1.93 bits per heavy atom. The summed E-state index contributed by atoms with van der Waals surface area (Å²) >= 11 is 0. The number of benzene rings is 1. The van der Waals surface area contributed by atoms with E-state index in [4.69, 9.17) is 9.47 Å². The summed E-state index contributed by atoms with van der Waals surface area (Å²) in [4.78, 5) is 19.4. The van der Waals surface area contributed by atoms with Crippen LogP contribution in [0.15, 0.2) is 42.6 Å². The summed E-state index contributed by atoms with van der Waals surface area (Å²) < 4.78 is 10.8. The zero-order valence-corrected chi connectivity index (χ0v) is 17.0. The molecule has 0 aliphatic carbocycles. The number of H-pyrrole nitrogens is 1. The number of pyridine rings is 1. The second-order valence-corrected chi connectivity index (χ2v) is 7.44. The minimum Gasteiger partial charge on any atom is -0.496 e. The Balaban J connectivity index is 1.90. The number of para-hydroxylation sites is 1. The van der Waals surface area contributed by atoms with Gasteiger partial charge in [-0.05, 0) is 24.5 Å². The number of rotatable bonds is 6. The molecule has 1 N–H and O–H groups in total. The summed E-state index contributed by atoms with van der Waals surface area (Å²) in [6.45, 7) is 4.28. The predicted octanol–water partition coefficient (Wildman–Crippen LogP) is 3.77. The van der Waals surface area contributed by atoms with Crippen molar-refractivity contribution in [3.63, 3.8) is 0 Å². The third kappa shape index (κ3) is 3.22. The Morgan fingerprint density at radius 3 is 2.59 bits per heavy atom. The second kappa shape index (κ2) is 7.58. The maximum atomic E-state index is 13.4. The largest absolute Gasteiger partial charge is 0.496 e. The van der Waals surface area contributed by atoms with Crippen molar-refractivity contribution in [2.75, 3.05) is 19.1 Å². The number of nitrogens with zero attached hydrogens (tertiary/aromatic N) is 3. The Hall–Kier alpha value is -3.35. The average Bonchev–Trinajstić information content (AvgIpc) is 3.26. The lowest BCUT2D eigenvalue weighted by Crippen LogP contribution is -2.30. The molecule has 3 heterocycles. The van der Waals surface area contributed by atoms with Crippen molar-refractivity contribution in [3.8, 4) is 11.6 Å². The van der Waals surface area contributed by atoms with E-state index in [1.54, 1.807) is 31.4 Å². The molecule has 7 heteroatoms. The first-order valence-electron chi connectivity index (χ1n) is 9.58.